The van der Waals surface area contributed by atoms with Gasteiger partial charge < -0.3 is 14.6 Å². The number of hydrogen-bond donors (Lipinski definition) is 1. The Labute approximate surface area is 257 Å². The van der Waals surface area contributed by atoms with Crippen molar-refractivity contribution >= 4 is 11.9 Å². The van der Waals surface area contributed by atoms with E-state index in [4.69, 9.17) is 9.47 Å². The maximum absolute atomic E-state index is 12.1. The number of carbonyl (C=O) groups is 2. The molecule has 0 fully saturated rings. The third kappa shape index (κ3) is 30.3. The van der Waals surface area contributed by atoms with Crippen molar-refractivity contribution < 1.29 is 24.2 Å². The van der Waals surface area contributed by atoms with Crippen molar-refractivity contribution in [2.75, 3.05) is 13.2 Å². The summed E-state index contributed by atoms with van der Waals surface area (Å²) in [6.45, 7) is 3.84. The van der Waals surface area contributed by atoms with Gasteiger partial charge in [0.2, 0.25) is 0 Å². The Kier molecular flexibility index (Phi) is 30.8. The maximum Gasteiger partial charge on any atom is 0.306 e. The van der Waals surface area contributed by atoms with E-state index in [1.807, 2.05) is 0 Å². The Balaban J connectivity index is 3.70. The smallest absolute Gasteiger partial charge is 0.306 e. The van der Waals surface area contributed by atoms with E-state index >= 15 is 0 Å². The average molecular weight is 585 g/mol. The van der Waals surface area contributed by atoms with Gasteiger partial charge in [-0.05, 0) is 77.0 Å². The molecular weight excluding hydrogens is 524 g/mol. The predicted molar refractivity (Wildman–Crippen MR) is 177 cm³/mol. The van der Waals surface area contributed by atoms with Crippen LogP contribution in [-0.4, -0.2) is 36.4 Å². The second kappa shape index (κ2) is 32.8. The third-order valence-corrected chi connectivity index (χ3v) is 6.50. The molecule has 1 atom stereocenters. The summed E-state index contributed by atoms with van der Waals surface area (Å²) in [7, 11) is 0. The summed E-state index contributed by atoms with van der Waals surface area (Å²) in [6, 6.07) is 0. The van der Waals surface area contributed by atoms with Crippen LogP contribution in [0.5, 0.6) is 0 Å². The summed E-state index contributed by atoms with van der Waals surface area (Å²) in [6.07, 6.45) is 42.4. The van der Waals surface area contributed by atoms with Gasteiger partial charge in [-0.2, -0.15) is 0 Å². The van der Waals surface area contributed by atoms with Crippen molar-refractivity contribution in [1.29, 1.82) is 0 Å². The van der Waals surface area contributed by atoms with E-state index in [9.17, 15) is 14.7 Å². The van der Waals surface area contributed by atoms with Crippen molar-refractivity contribution in [3.63, 3.8) is 0 Å². The Morgan fingerprint density at radius 2 is 0.952 bits per heavy atom. The number of aliphatic hydroxyl groups excluding tert-OH is 1. The normalized spacial score (nSPS) is 13.1. The molecule has 0 amide bonds. The highest BCUT2D eigenvalue weighted by Gasteiger charge is 2.16. The fraction of sp³-hybridized carbons (Fsp3) is 0.622. The van der Waals surface area contributed by atoms with Crippen molar-refractivity contribution in [3.8, 4) is 0 Å². The second-order valence-electron chi connectivity index (χ2n) is 10.5. The van der Waals surface area contributed by atoms with Crippen LogP contribution in [0.2, 0.25) is 0 Å². The minimum Gasteiger partial charge on any atom is -0.462 e. The molecule has 0 spiro atoms. The molecule has 238 valence electrons. The lowest BCUT2D eigenvalue weighted by atomic mass is 10.1. The number of hydrogen-bond acceptors (Lipinski definition) is 5. The minimum atomic E-state index is -0.794. The number of unbranched alkanes of at least 4 members (excludes halogenated alkanes) is 8. The maximum atomic E-state index is 12.1. The first-order valence-electron chi connectivity index (χ1n) is 16.5. The number of aliphatic hydroxyl groups is 1. The standard InChI is InChI=1S/C37H60O5/c1-3-5-7-9-11-13-15-17-18-20-22-24-26-28-30-32-37(40)42-35(33-38)34-41-36(39)31-29-27-25-23-21-19-16-14-12-10-8-6-4-2/h5-8,11-14,17-19,21,35,38H,3-4,9-10,15-16,20,22-34H2,1-2H3/b7-5-,8-6-,13-11-,14-12-,18-17-,21-19-. The van der Waals surface area contributed by atoms with Crippen LogP contribution in [0.15, 0.2) is 72.9 Å². The number of rotatable bonds is 28. The number of esters is 2. The number of carbonyl (C=O) groups excluding carboxylic acids is 2. The summed E-state index contributed by atoms with van der Waals surface area (Å²) in [5.41, 5.74) is 0. The van der Waals surface area contributed by atoms with E-state index in [-0.39, 0.29) is 25.2 Å². The highest BCUT2D eigenvalue weighted by molar-refractivity contribution is 5.70. The first kappa shape index (κ1) is 39.3. The van der Waals surface area contributed by atoms with Crippen LogP contribution in [0.4, 0.5) is 0 Å². The van der Waals surface area contributed by atoms with Gasteiger partial charge in [-0.15, -0.1) is 0 Å². The highest BCUT2D eigenvalue weighted by Crippen LogP contribution is 2.10. The monoisotopic (exact) mass is 584 g/mol. The molecule has 0 saturated heterocycles. The lowest BCUT2D eigenvalue weighted by Gasteiger charge is -2.15. The lowest BCUT2D eigenvalue weighted by molar-refractivity contribution is -0.161. The van der Waals surface area contributed by atoms with Crippen LogP contribution in [0.1, 0.15) is 129 Å². The summed E-state index contributed by atoms with van der Waals surface area (Å²) in [4.78, 5) is 24.1. The quantitative estimate of drug-likeness (QED) is 0.0563. The molecule has 0 radical (unpaired) electrons. The molecule has 0 heterocycles. The first-order valence-corrected chi connectivity index (χ1v) is 16.5. The van der Waals surface area contributed by atoms with E-state index < -0.39 is 6.10 Å². The first-order chi connectivity index (χ1) is 20.6. The lowest BCUT2D eigenvalue weighted by Crippen LogP contribution is -2.28. The fourth-order valence-electron chi connectivity index (χ4n) is 4.05. The van der Waals surface area contributed by atoms with Crippen LogP contribution in [0.25, 0.3) is 0 Å². The molecule has 1 N–H and O–H groups in total. The molecule has 0 aliphatic heterocycles. The van der Waals surface area contributed by atoms with Gasteiger partial charge in [0.1, 0.15) is 6.61 Å². The van der Waals surface area contributed by atoms with Gasteiger partial charge >= 0.3 is 11.9 Å². The van der Waals surface area contributed by atoms with Crippen LogP contribution in [-0.2, 0) is 19.1 Å². The molecule has 0 bridgehead atoms. The van der Waals surface area contributed by atoms with E-state index in [0.29, 0.717) is 12.8 Å². The molecular formula is C37H60O5. The Morgan fingerprint density at radius 3 is 1.45 bits per heavy atom. The fourth-order valence-corrected chi connectivity index (χ4v) is 4.05. The highest BCUT2D eigenvalue weighted by atomic mass is 16.6. The van der Waals surface area contributed by atoms with E-state index in [1.165, 1.54) is 0 Å². The molecule has 0 rings (SSSR count). The van der Waals surface area contributed by atoms with E-state index in [2.05, 4.69) is 86.8 Å². The zero-order chi connectivity index (χ0) is 30.8. The third-order valence-electron chi connectivity index (χ3n) is 6.50. The molecule has 0 saturated carbocycles. The van der Waals surface area contributed by atoms with E-state index in [0.717, 1.165) is 103 Å². The zero-order valence-electron chi connectivity index (χ0n) is 26.7. The molecule has 0 aromatic heterocycles. The second-order valence-corrected chi connectivity index (χ2v) is 10.5. The van der Waals surface area contributed by atoms with Crippen molar-refractivity contribution in [2.45, 2.75) is 136 Å². The van der Waals surface area contributed by atoms with Gasteiger partial charge in [0.25, 0.3) is 0 Å². The van der Waals surface area contributed by atoms with Crippen molar-refractivity contribution in [1.82, 2.24) is 0 Å². The molecule has 5 heteroatoms. The predicted octanol–water partition coefficient (Wildman–Crippen LogP) is 9.83. The minimum absolute atomic E-state index is 0.0925. The molecule has 0 aromatic rings. The van der Waals surface area contributed by atoms with Gasteiger partial charge in [-0.1, -0.05) is 112 Å². The van der Waals surface area contributed by atoms with Gasteiger partial charge in [-0.25, -0.2) is 0 Å². The van der Waals surface area contributed by atoms with Gasteiger partial charge in [-0.3, -0.25) is 9.59 Å². The Bertz CT molecular complexity index is 803. The SMILES string of the molecule is CC/C=C\C/C=C\C/C=C\CCCCCCCC(=O)OC(CO)COC(=O)CCCCC/C=C\C/C=C\C/C=C\CC. The number of allylic oxidation sites excluding steroid dienone is 12. The molecule has 5 nitrogen and oxygen atoms in total. The summed E-state index contributed by atoms with van der Waals surface area (Å²) in [5, 5.41) is 9.50. The largest absolute Gasteiger partial charge is 0.462 e. The molecule has 0 aromatic carbocycles. The van der Waals surface area contributed by atoms with Crippen LogP contribution >= 0.6 is 0 Å². The molecule has 1 unspecified atom stereocenters. The van der Waals surface area contributed by atoms with Gasteiger partial charge in [0.05, 0.1) is 6.61 Å². The van der Waals surface area contributed by atoms with Crippen LogP contribution < -0.4 is 0 Å². The summed E-state index contributed by atoms with van der Waals surface area (Å²) < 4.78 is 10.5. The summed E-state index contributed by atoms with van der Waals surface area (Å²) in [5.74, 6) is -0.656. The average Bonchev–Trinajstić information content (AvgIpc) is 2.99. The van der Waals surface area contributed by atoms with Crippen LogP contribution in [0, 0.1) is 0 Å². The molecule has 0 aliphatic rings. The van der Waals surface area contributed by atoms with E-state index in [1.54, 1.807) is 0 Å². The Hall–Kier alpha value is -2.66. The summed E-state index contributed by atoms with van der Waals surface area (Å²) >= 11 is 0. The van der Waals surface area contributed by atoms with Gasteiger partial charge in [0.15, 0.2) is 6.10 Å². The van der Waals surface area contributed by atoms with Crippen LogP contribution in [0.3, 0.4) is 0 Å². The number of ether oxygens (including phenoxy) is 2. The molecule has 0 aliphatic carbocycles. The zero-order valence-corrected chi connectivity index (χ0v) is 26.7. The van der Waals surface area contributed by atoms with Crippen molar-refractivity contribution in [2.24, 2.45) is 0 Å². The topological polar surface area (TPSA) is 72.8 Å². The Morgan fingerprint density at radius 1 is 0.548 bits per heavy atom. The molecule has 42 heavy (non-hydrogen) atoms. The van der Waals surface area contributed by atoms with Gasteiger partial charge in [0, 0.05) is 12.8 Å². The van der Waals surface area contributed by atoms with Crippen molar-refractivity contribution in [3.05, 3.63) is 72.9 Å².